The highest BCUT2D eigenvalue weighted by Gasteiger charge is 2.54. The summed E-state index contributed by atoms with van der Waals surface area (Å²) in [7, 11) is 0. The van der Waals surface area contributed by atoms with E-state index >= 15 is 0 Å². The third-order valence-corrected chi connectivity index (χ3v) is 6.21. The van der Waals surface area contributed by atoms with E-state index in [0.29, 0.717) is 5.57 Å². The standard InChI is InChI=1S/C17H15Cl2N3O7S/c1-7(23)29-5-8-6-30-16-12(15(26)22(16)13(8)17(27)28)20-11(24)4-21-2-9(18)14(25)10(19)3-21/h2-3,12,16H,4-6H2,1H3,(H,20,24)(H,27,28)/t12-,16-/m1/s1. The second-order valence-corrected chi connectivity index (χ2v) is 8.37. The summed E-state index contributed by atoms with van der Waals surface area (Å²) in [6.07, 6.45) is 2.48. The Balaban J connectivity index is 1.70. The van der Waals surface area contributed by atoms with Crippen molar-refractivity contribution in [2.24, 2.45) is 0 Å². The van der Waals surface area contributed by atoms with Gasteiger partial charge in [0.15, 0.2) is 0 Å². The second-order valence-electron chi connectivity index (χ2n) is 6.45. The summed E-state index contributed by atoms with van der Waals surface area (Å²) in [5.74, 6) is -2.80. The number of aromatic nitrogens is 1. The lowest BCUT2D eigenvalue weighted by molar-refractivity contribution is -0.151. The summed E-state index contributed by atoms with van der Waals surface area (Å²) in [5.41, 5.74) is -0.500. The molecule has 0 aromatic carbocycles. The first-order valence-corrected chi connectivity index (χ1v) is 10.3. The number of amides is 2. The van der Waals surface area contributed by atoms with Crippen molar-refractivity contribution < 1.29 is 29.0 Å². The van der Waals surface area contributed by atoms with Crippen LogP contribution in [-0.4, -0.2) is 62.1 Å². The topological polar surface area (TPSA) is 135 Å². The fourth-order valence-electron chi connectivity index (χ4n) is 3.02. The Bertz CT molecular complexity index is 1010. The highest BCUT2D eigenvalue weighted by atomic mass is 35.5. The quantitative estimate of drug-likeness (QED) is 0.447. The number of carboxylic acids is 1. The van der Waals surface area contributed by atoms with Crippen molar-refractivity contribution in [3.05, 3.63) is 43.9 Å². The molecule has 0 saturated carbocycles. The molecule has 2 aliphatic heterocycles. The zero-order valence-corrected chi connectivity index (χ0v) is 17.7. The third-order valence-electron chi connectivity index (χ3n) is 4.33. The van der Waals surface area contributed by atoms with E-state index in [-0.39, 0.29) is 34.6 Å². The first-order valence-electron chi connectivity index (χ1n) is 8.48. The van der Waals surface area contributed by atoms with Crippen molar-refractivity contribution in [3.63, 3.8) is 0 Å². The number of pyridine rings is 1. The molecule has 0 bridgehead atoms. The summed E-state index contributed by atoms with van der Waals surface area (Å²) < 4.78 is 6.16. The number of fused-ring (bicyclic) bond motifs is 1. The molecule has 3 rings (SSSR count). The molecular weight excluding hydrogens is 461 g/mol. The van der Waals surface area contributed by atoms with E-state index in [1.165, 1.54) is 35.6 Å². The number of thioether (sulfide) groups is 1. The van der Waals surface area contributed by atoms with Crippen LogP contribution in [0.15, 0.2) is 28.5 Å². The van der Waals surface area contributed by atoms with Gasteiger partial charge in [0.1, 0.15) is 40.3 Å². The molecule has 1 aromatic rings. The van der Waals surface area contributed by atoms with Crippen LogP contribution < -0.4 is 10.7 Å². The molecule has 30 heavy (non-hydrogen) atoms. The van der Waals surface area contributed by atoms with Gasteiger partial charge in [-0.3, -0.25) is 24.1 Å². The Morgan fingerprint density at radius 2 is 1.90 bits per heavy atom. The number of carboxylic acid groups (broad SMARTS) is 1. The highest BCUT2D eigenvalue weighted by Crippen LogP contribution is 2.40. The van der Waals surface area contributed by atoms with Crippen LogP contribution in [-0.2, 0) is 30.5 Å². The average Bonchev–Trinajstić information content (AvgIpc) is 2.67. The molecule has 2 N–H and O–H groups in total. The summed E-state index contributed by atoms with van der Waals surface area (Å²) in [5, 5.41) is 11.2. The largest absolute Gasteiger partial charge is 0.477 e. The number of rotatable bonds is 6. The van der Waals surface area contributed by atoms with E-state index in [2.05, 4.69) is 5.32 Å². The summed E-state index contributed by atoms with van der Waals surface area (Å²) >= 11 is 12.8. The number of β-lactam (4-membered cyclic amide) rings is 1. The van der Waals surface area contributed by atoms with Crippen LogP contribution in [0, 0.1) is 0 Å². The first-order chi connectivity index (χ1) is 14.1. The van der Waals surface area contributed by atoms with E-state index in [0.717, 1.165) is 4.90 Å². The van der Waals surface area contributed by atoms with Crippen LogP contribution in [0.1, 0.15) is 6.92 Å². The molecule has 160 valence electrons. The van der Waals surface area contributed by atoms with Gasteiger partial charge in [0, 0.05) is 30.6 Å². The van der Waals surface area contributed by atoms with Crippen LogP contribution in [0.4, 0.5) is 0 Å². The molecule has 2 amide bonds. The van der Waals surface area contributed by atoms with Crippen molar-refractivity contribution in [1.82, 2.24) is 14.8 Å². The molecule has 2 atom stereocenters. The van der Waals surface area contributed by atoms with Gasteiger partial charge in [0.05, 0.1) is 0 Å². The molecule has 0 spiro atoms. The molecule has 1 saturated heterocycles. The normalized spacial score (nSPS) is 20.4. The minimum Gasteiger partial charge on any atom is -0.477 e. The fourth-order valence-corrected chi connectivity index (χ4v) is 4.85. The predicted molar refractivity (Wildman–Crippen MR) is 107 cm³/mol. The summed E-state index contributed by atoms with van der Waals surface area (Å²) in [4.78, 5) is 60.2. The minimum absolute atomic E-state index is 0.152. The molecule has 2 aliphatic rings. The maximum Gasteiger partial charge on any atom is 0.352 e. The monoisotopic (exact) mass is 475 g/mol. The van der Waals surface area contributed by atoms with Crippen molar-refractivity contribution in [1.29, 1.82) is 0 Å². The second kappa shape index (κ2) is 8.70. The molecule has 1 fully saturated rings. The highest BCUT2D eigenvalue weighted by molar-refractivity contribution is 8.00. The predicted octanol–water partition coefficient (Wildman–Crippen LogP) is 0.457. The summed E-state index contributed by atoms with van der Waals surface area (Å²) in [6, 6.07) is -0.919. The molecule has 0 aliphatic carbocycles. The van der Waals surface area contributed by atoms with Gasteiger partial charge >= 0.3 is 11.9 Å². The molecule has 3 heterocycles. The lowest BCUT2D eigenvalue weighted by atomic mass is 10.0. The number of esters is 1. The molecule has 1 aromatic heterocycles. The van der Waals surface area contributed by atoms with Crippen molar-refractivity contribution >= 4 is 58.7 Å². The van der Waals surface area contributed by atoms with Gasteiger partial charge < -0.3 is 19.7 Å². The van der Waals surface area contributed by atoms with Gasteiger partial charge in [-0.1, -0.05) is 23.2 Å². The Labute approximate surface area is 183 Å². The van der Waals surface area contributed by atoms with Crippen molar-refractivity contribution in [3.8, 4) is 0 Å². The van der Waals surface area contributed by atoms with Gasteiger partial charge in [-0.25, -0.2) is 4.79 Å². The zero-order valence-electron chi connectivity index (χ0n) is 15.4. The molecular formula is C17H15Cl2N3O7S. The maximum atomic E-state index is 12.5. The number of ether oxygens (including phenoxy) is 1. The fraction of sp³-hybridized carbons (Fsp3) is 0.353. The van der Waals surface area contributed by atoms with Gasteiger partial charge in [-0.05, 0) is 0 Å². The SMILES string of the molecule is CC(=O)OCC1=C(C(=O)O)N2C(=O)[C@@H](NC(=O)Cn3cc(Cl)c(=O)c(Cl)c3)[C@H]2SC1. The molecule has 13 heteroatoms. The van der Waals surface area contributed by atoms with E-state index in [9.17, 15) is 29.1 Å². The number of hydrogen-bond donors (Lipinski definition) is 2. The van der Waals surface area contributed by atoms with E-state index in [4.69, 9.17) is 27.9 Å². The van der Waals surface area contributed by atoms with Crippen LogP contribution in [0.2, 0.25) is 10.0 Å². The Morgan fingerprint density at radius 1 is 1.27 bits per heavy atom. The number of hydrogen-bond acceptors (Lipinski definition) is 7. The third kappa shape index (κ3) is 4.32. The van der Waals surface area contributed by atoms with Gasteiger partial charge in [0.2, 0.25) is 11.3 Å². The summed E-state index contributed by atoms with van der Waals surface area (Å²) in [6.45, 7) is 0.717. The van der Waals surface area contributed by atoms with Crippen LogP contribution in [0.3, 0.4) is 0 Å². The smallest absolute Gasteiger partial charge is 0.352 e. The Hall–Kier alpha value is -2.50. The maximum absolute atomic E-state index is 12.5. The lowest BCUT2D eigenvalue weighted by Gasteiger charge is -2.49. The van der Waals surface area contributed by atoms with Crippen molar-refractivity contribution in [2.75, 3.05) is 12.4 Å². The van der Waals surface area contributed by atoms with Crippen LogP contribution >= 0.6 is 35.0 Å². The Kier molecular flexibility index (Phi) is 6.44. The number of halogens is 2. The van der Waals surface area contributed by atoms with E-state index in [1.54, 1.807) is 0 Å². The number of carbonyl (C=O) groups is 4. The molecule has 0 radical (unpaired) electrons. The van der Waals surface area contributed by atoms with Gasteiger partial charge in [-0.15, -0.1) is 11.8 Å². The molecule has 0 unspecified atom stereocenters. The van der Waals surface area contributed by atoms with E-state index < -0.39 is 40.6 Å². The van der Waals surface area contributed by atoms with Crippen LogP contribution in [0.5, 0.6) is 0 Å². The molecule has 10 nitrogen and oxygen atoms in total. The number of aliphatic carboxylic acids is 1. The van der Waals surface area contributed by atoms with Gasteiger partial charge in [0.25, 0.3) is 5.91 Å². The van der Waals surface area contributed by atoms with Crippen LogP contribution in [0.25, 0.3) is 0 Å². The lowest BCUT2D eigenvalue weighted by Crippen LogP contribution is -2.70. The Morgan fingerprint density at radius 3 is 2.47 bits per heavy atom. The number of nitrogens with zero attached hydrogens (tertiary/aromatic N) is 2. The minimum atomic E-state index is -1.32. The number of carbonyl (C=O) groups excluding carboxylic acids is 3. The van der Waals surface area contributed by atoms with Gasteiger partial charge in [-0.2, -0.15) is 0 Å². The average molecular weight is 476 g/mol. The zero-order chi connectivity index (χ0) is 22.2. The van der Waals surface area contributed by atoms with E-state index in [1.807, 2.05) is 0 Å². The van der Waals surface area contributed by atoms with Crippen molar-refractivity contribution in [2.45, 2.75) is 24.9 Å². The number of nitrogens with one attached hydrogen (secondary N) is 1. The first kappa shape index (κ1) is 22.2.